The minimum Gasteiger partial charge on any atom is -0.361 e. The lowest BCUT2D eigenvalue weighted by Gasteiger charge is -2.07. The Morgan fingerprint density at radius 2 is 2.09 bits per heavy atom. The summed E-state index contributed by atoms with van der Waals surface area (Å²) in [6.45, 7) is 1.97. The summed E-state index contributed by atoms with van der Waals surface area (Å²) >= 11 is 3.43. The van der Waals surface area contributed by atoms with E-state index in [0.717, 1.165) is 26.7 Å². The van der Waals surface area contributed by atoms with Crippen LogP contribution in [0.1, 0.15) is 11.1 Å². The summed E-state index contributed by atoms with van der Waals surface area (Å²) in [5.41, 5.74) is 3.36. The van der Waals surface area contributed by atoms with Crippen LogP contribution in [0.4, 0.5) is 10.1 Å². The van der Waals surface area contributed by atoms with Gasteiger partial charge in [0.2, 0.25) is 5.91 Å². The number of fused-ring (bicyclic) bond motifs is 1. The van der Waals surface area contributed by atoms with Crippen LogP contribution >= 0.6 is 15.9 Å². The van der Waals surface area contributed by atoms with Gasteiger partial charge in [0.15, 0.2) is 0 Å². The van der Waals surface area contributed by atoms with Gasteiger partial charge in [-0.3, -0.25) is 4.79 Å². The molecular weight excluding hydrogens is 347 g/mol. The third-order valence-electron chi connectivity index (χ3n) is 3.52. The smallest absolute Gasteiger partial charge is 0.228 e. The molecule has 3 rings (SSSR count). The molecule has 0 spiro atoms. The monoisotopic (exact) mass is 360 g/mol. The predicted molar refractivity (Wildman–Crippen MR) is 89.5 cm³/mol. The molecule has 0 fully saturated rings. The number of carbonyl (C=O) groups excluding carboxylic acids is 1. The van der Waals surface area contributed by atoms with E-state index in [1.165, 1.54) is 12.1 Å². The molecule has 112 valence electrons. The number of H-pyrrole nitrogens is 1. The van der Waals surface area contributed by atoms with E-state index in [2.05, 4.69) is 26.2 Å². The number of benzene rings is 2. The lowest BCUT2D eigenvalue weighted by atomic mass is 10.1. The second-order valence-electron chi connectivity index (χ2n) is 5.19. The Morgan fingerprint density at radius 3 is 2.86 bits per heavy atom. The Labute approximate surface area is 135 Å². The van der Waals surface area contributed by atoms with Gasteiger partial charge in [0.25, 0.3) is 0 Å². The number of halogens is 2. The normalized spacial score (nSPS) is 10.9. The van der Waals surface area contributed by atoms with Crippen molar-refractivity contribution in [2.24, 2.45) is 0 Å². The molecule has 2 aromatic carbocycles. The zero-order valence-electron chi connectivity index (χ0n) is 11.9. The molecule has 22 heavy (non-hydrogen) atoms. The Hall–Kier alpha value is -2.14. The molecule has 0 saturated carbocycles. The Balaban J connectivity index is 1.76. The van der Waals surface area contributed by atoms with Gasteiger partial charge in [-0.1, -0.05) is 15.9 Å². The quantitative estimate of drug-likeness (QED) is 0.706. The molecule has 5 heteroatoms. The summed E-state index contributed by atoms with van der Waals surface area (Å²) < 4.78 is 14.2. The number of nitrogens with one attached hydrogen (secondary N) is 2. The number of aryl methyl sites for hydroxylation is 1. The molecule has 3 aromatic rings. The average Bonchev–Trinajstić information content (AvgIpc) is 2.85. The van der Waals surface area contributed by atoms with Gasteiger partial charge in [-0.25, -0.2) is 4.39 Å². The van der Waals surface area contributed by atoms with Gasteiger partial charge in [0.1, 0.15) is 5.82 Å². The molecule has 0 unspecified atom stereocenters. The van der Waals surface area contributed by atoms with Gasteiger partial charge in [-0.15, -0.1) is 0 Å². The Kier molecular flexibility index (Phi) is 3.98. The minimum atomic E-state index is -0.296. The molecule has 0 aliphatic carbocycles. The van der Waals surface area contributed by atoms with Crippen LogP contribution in [0, 0.1) is 12.7 Å². The molecule has 0 radical (unpaired) electrons. The molecule has 0 aliphatic rings. The maximum atomic E-state index is 13.2. The molecule has 1 amide bonds. The summed E-state index contributed by atoms with van der Waals surface area (Å²) in [6, 6.07) is 10.2. The first-order valence-electron chi connectivity index (χ1n) is 6.84. The van der Waals surface area contributed by atoms with Gasteiger partial charge in [-0.2, -0.15) is 0 Å². The van der Waals surface area contributed by atoms with Crippen LogP contribution in [0.3, 0.4) is 0 Å². The van der Waals surface area contributed by atoms with Crippen LogP contribution in [0.2, 0.25) is 0 Å². The molecule has 1 heterocycles. The van der Waals surface area contributed by atoms with Crippen LogP contribution in [0.25, 0.3) is 10.9 Å². The van der Waals surface area contributed by atoms with E-state index in [1.54, 1.807) is 12.3 Å². The fourth-order valence-corrected chi connectivity index (χ4v) is 2.65. The van der Waals surface area contributed by atoms with Crippen molar-refractivity contribution in [3.8, 4) is 0 Å². The molecular formula is C17H14BrFN2O. The van der Waals surface area contributed by atoms with Crippen molar-refractivity contribution in [3.63, 3.8) is 0 Å². The molecule has 1 aromatic heterocycles. The number of rotatable bonds is 3. The zero-order valence-corrected chi connectivity index (χ0v) is 13.5. The first-order valence-corrected chi connectivity index (χ1v) is 7.64. The second kappa shape index (κ2) is 5.93. The van der Waals surface area contributed by atoms with Gasteiger partial charge < -0.3 is 10.3 Å². The van der Waals surface area contributed by atoms with Crippen LogP contribution in [0.5, 0.6) is 0 Å². The highest BCUT2D eigenvalue weighted by Crippen LogP contribution is 2.22. The Morgan fingerprint density at radius 1 is 1.27 bits per heavy atom. The molecule has 2 N–H and O–H groups in total. The van der Waals surface area contributed by atoms with Crippen LogP contribution < -0.4 is 5.32 Å². The summed E-state index contributed by atoms with van der Waals surface area (Å²) in [5, 5.41) is 3.74. The highest BCUT2D eigenvalue weighted by molar-refractivity contribution is 9.10. The number of aromatic amines is 1. The van der Waals surface area contributed by atoms with Gasteiger partial charge in [0, 0.05) is 27.3 Å². The van der Waals surface area contributed by atoms with Crippen LogP contribution in [0.15, 0.2) is 47.1 Å². The number of anilines is 1. The zero-order chi connectivity index (χ0) is 15.7. The first kappa shape index (κ1) is 14.8. The number of hydrogen-bond acceptors (Lipinski definition) is 1. The van der Waals surface area contributed by atoms with Gasteiger partial charge in [-0.05, 0) is 54.4 Å². The van der Waals surface area contributed by atoms with Crippen molar-refractivity contribution in [2.45, 2.75) is 13.3 Å². The van der Waals surface area contributed by atoms with Crippen LogP contribution in [-0.2, 0) is 11.2 Å². The van der Waals surface area contributed by atoms with Crippen LogP contribution in [-0.4, -0.2) is 10.9 Å². The van der Waals surface area contributed by atoms with E-state index in [9.17, 15) is 9.18 Å². The largest absolute Gasteiger partial charge is 0.361 e. The van der Waals surface area contributed by atoms with E-state index in [1.807, 2.05) is 25.1 Å². The number of aromatic nitrogens is 1. The summed E-state index contributed by atoms with van der Waals surface area (Å²) in [7, 11) is 0. The van der Waals surface area contributed by atoms with Crippen molar-refractivity contribution in [3.05, 3.63) is 64.0 Å². The van der Waals surface area contributed by atoms with Crippen molar-refractivity contribution >= 4 is 38.4 Å². The first-order chi connectivity index (χ1) is 10.5. The van der Waals surface area contributed by atoms with Crippen molar-refractivity contribution in [1.82, 2.24) is 4.98 Å². The number of carbonyl (C=O) groups is 1. The number of amides is 1. The summed E-state index contributed by atoms with van der Waals surface area (Å²) in [6.07, 6.45) is 1.98. The van der Waals surface area contributed by atoms with Gasteiger partial charge in [0.05, 0.1) is 6.42 Å². The van der Waals surface area contributed by atoms with Crippen molar-refractivity contribution in [2.75, 3.05) is 5.32 Å². The average molecular weight is 361 g/mol. The highest BCUT2D eigenvalue weighted by Gasteiger charge is 2.10. The molecule has 3 nitrogen and oxygen atoms in total. The lowest BCUT2D eigenvalue weighted by molar-refractivity contribution is -0.115. The maximum absolute atomic E-state index is 13.2. The van der Waals surface area contributed by atoms with E-state index in [4.69, 9.17) is 0 Å². The standard InChI is InChI=1S/C17H14BrFN2O/c1-10-6-13(3-5-15(10)18)21-17(22)7-11-9-20-16-8-12(19)2-4-14(11)16/h2-6,8-9,20H,7H2,1H3,(H,21,22). The fraction of sp³-hybridized carbons (Fsp3) is 0.118. The summed E-state index contributed by atoms with van der Waals surface area (Å²) in [5.74, 6) is -0.400. The lowest BCUT2D eigenvalue weighted by Crippen LogP contribution is -2.14. The maximum Gasteiger partial charge on any atom is 0.228 e. The Bertz CT molecular complexity index is 857. The van der Waals surface area contributed by atoms with E-state index >= 15 is 0 Å². The summed E-state index contributed by atoms with van der Waals surface area (Å²) in [4.78, 5) is 15.2. The molecule has 0 bridgehead atoms. The SMILES string of the molecule is Cc1cc(NC(=O)Cc2c[nH]c3cc(F)ccc23)ccc1Br. The van der Waals surface area contributed by atoms with Crippen molar-refractivity contribution in [1.29, 1.82) is 0 Å². The predicted octanol–water partition coefficient (Wildman–Crippen LogP) is 4.56. The molecule has 0 saturated heterocycles. The van der Waals surface area contributed by atoms with E-state index in [0.29, 0.717) is 5.52 Å². The highest BCUT2D eigenvalue weighted by atomic mass is 79.9. The molecule has 0 atom stereocenters. The topological polar surface area (TPSA) is 44.9 Å². The second-order valence-corrected chi connectivity index (χ2v) is 6.05. The van der Waals surface area contributed by atoms with E-state index in [-0.39, 0.29) is 18.1 Å². The minimum absolute atomic E-state index is 0.105. The third kappa shape index (κ3) is 3.04. The molecule has 0 aliphatic heterocycles. The fourth-order valence-electron chi connectivity index (χ4n) is 2.41. The van der Waals surface area contributed by atoms with E-state index < -0.39 is 0 Å². The third-order valence-corrected chi connectivity index (χ3v) is 4.41. The van der Waals surface area contributed by atoms with Gasteiger partial charge >= 0.3 is 0 Å². The van der Waals surface area contributed by atoms with Crippen molar-refractivity contribution < 1.29 is 9.18 Å². The number of hydrogen-bond donors (Lipinski definition) is 2.